The molecule has 3 aliphatic heterocycles. The van der Waals surface area contributed by atoms with Crippen LogP contribution in [0.4, 0.5) is 0 Å². The Morgan fingerprint density at radius 2 is 1.85 bits per heavy atom. The molecule has 3 unspecified atom stereocenters. The van der Waals surface area contributed by atoms with Crippen LogP contribution in [0, 0.1) is 23.7 Å². The summed E-state index contributed by atoms with van der Waals surface area (Å²) in [4.78, 5) is 42.6. The predicted molar refractivity (Wildman–Crippen MR) is 125 cm³/mol. The summed E-state index contributed by atoms with van der Waals surface area (Å²) in [5, 5.41) is 16.3. The molecule has 3 N–H and O–H groups in total. The number of ether oxygens (including phenoxy) is 1. The van der Waals surface area contributed by atoms with Crippen molar-refractivity contribution in [2.75, 3.05) is 19.7 Å². The van der Waals surface area contributed by atoms with E-state index in [1.807, 2.05) is 34.6 Å². The summed E-state index contributed by atoms with van der Waals surface area (Å²) in [6.45, 7) is 12.8. The van der Waals surface area contributed by atoms with E-state index in [0.29, 0.717) is 19.5 Å². The van der Waals surface area contributed by atoms with Crippen LogP contribution in [0.3, 0.4) is 0 Å². The first-order valence-electron chi connectivity index (χ1n) is 12.8. The summed E-state index contributed by atoms with van der Waals surface area (Å²) in [7, 11) is 0. The van der Waals surface area contributed by atoms with Crippen LogP contribution in [0.5, 0.6) is 0 Å². The Labute approximate surface area is 198 Å². The first-order chi connectivity index (χ1) is 15.6. The van der Waals surface area contributed by atoms with Gasteiger partial charge >= 0.3 is 0 Å². The minimum Gasteiger partial charge on any atom is -0.394 e. The van der Waals surface area contributed by atoms with Crippen molar-refractivity contribution in [3.05, 3.63) is 0 Å². The number of likely N-dealkylation sites (tertiary alicyclic amines) is 1. The molecule has 0 aliphatic carbocycles. The van der Waals surface area contributed by atoms with Crippen molar-refractivity contribution in [2.45, 2.75) is 96.9 Å². The number of hydrogen-bond donors (Lipinski definition) is 3. The van der Waals surface area contributed by atoms with Crippen molar-refractivity contribution in [1.29, 1.82) is 0 Å². The van der Waals surface area contributed by atoms with Crippen molar-refractivity contribution < 1.29 is 24.2 Å². The Bertz CT molecular complexity index is 760. The van der Waals surface area contributed by atoms with E-state index in [9.17, 15) is 19.5 Å². The largest absolute Gasteiger partial charge is 0.394 e. The lowest BCUT2D eigenvalue weighted by molar-refractivity contribution is -0.152. The molecule has 8 heteroatoms. The zero-order valence-corrected chi connectivity index (χ0v) is 21.1. The van der Waals surface area contributed by atoms with E-state index >= 15 is 0 Å². The molecule has 0 saturated carbocycles. The molecule has 0 aromatic carbocycles. The molecule has 0 radical (unpaired) electrons. The number of aliphatic hydroxyl groups is 1. The van der Waals surface area contributed by atoms with Gasteiger partial charge in [0.15, 0.2) is 0 Å². The van der Waals surface area contributed by atoms with Gasteiger partial charge in [-0.3, -0.25) is 14.4 Å². The topological polar surface area (TPSA) is 108 Å². The molecule has 3 aliphatic rings. The van der Waals surface area contributed by atoms with Crippen molar-refractivity contribution in [2.24, 2.45) is 23.7 Å². The molecule has 33 heavy (non-hydrogen) atoms. The number of nitrogens with zero attached hydrogens (tertiary/aromatic N) is 1. The SMILES string of the molecule is CCCCNC(=O)C1N([C@@H](CO)[C@@H](C)CC)C(=O)[C@@H]2[C@H](C(=O)NCCC)[C@@]3(C)OC12CC3C. The van der Waals surface area contributed by atoms with E-state index < -0.39 is 35.1 Å². The lowest BCUT2D eigenvalue weighted by Gasteiger charge is -2.39. The van der Waals surface area contributed by atoms with E-state index in [0.717, 1.165) is 25.7 Å². The molecule has 0 aromatic rings. The molecule has 3 fully saturated rings. The Hall–Kier alpha value is -1.67. The van der Waals surface area contributed by atoms with Crippen LogP contribution in [-0.4, -0.2) is 70.7 Å². The summed E-state index contributed by atoms with van der Waals surface area (Å²) < 4.78 is 6.68. The number of carbonyl (C=O) groups excluding carboxylic acids is 3. The molecule has 8 atom stereocenters. The number of aliphatic hydroxyl groups excluding tert-OH is 1. The predicted octanol–water partition coefficient (Wildman–Crippen LogP) is 1.85. The summed E-state index contributed by atoms with van der Waals surface area (Å²) in [6, 6.07) is -1.36. The van der Waals surface area contributed by atoms with Crippen molar-refractivity contribution >= 4 is 17.7 Å². The highest BCUT2D eigenvalue weighted by Crippen LogP contribution is 2.65. The minimum absolute atomic E-state index is 0.00213. The smallest absolute Gasteiger partial charge is 0.245 e. The van der Waals surface area contributed by atoms with Gasteiger partial charge in [0.25, 0.3) is 0 Å². The van der Waals surface area contributed by atoms with Gasteiger partial charge in [0.05, 0.1) is 30.1 Å². The molecule has 188 valence electrons. The maximum atomic E-state index is 14.0. The summed E-state index contributed by atoms with van der Waals surface area (Å²) in [5.41, 5.74) is -1.87. The molecule has 1 spiro atoms. The molecule has 0 aromatic heterocycles. The summed E-state index contributed by atoms with van der Waals surface area (Å²) in [6.07, 6.45) is 3.88. The molecule has 3 amide bonds. The fourth-order valence-electron chi connectivity index (χ4n) is 6.39. The van der Waals surface area contributed by atoms with Crippen molar-refractivity contribution in [3.8, 4) is 0 Å². The van der Waals surface area contributed by atoms with Crippen LogP contribution >= 0.6 is 0 Å². The fourth-order valence-corrected chi connectivity index (χ4v) is 6.39. The second-order valence-electron chi connectivity index (χ2n) is 10.5. The van der Waals surface area contributed by atoms with Crippen molar-refractivity contribution in [3.63, 3.8) is 0 Å². The van der Waals surface area contributed by atoms with Gasteiger partial charge in [-0.1, -0.05) is 47.5 Å². The van der Waals surface area contributed by atoms with Gasteiger partial charge in [-0.05, 0) is 38.0 Å². The number of fused-ring (bicyclic) bond motifs is 1. The van der Waals surface area contributed by atoms with Crippen LogP contribution in [0.2, 0.25) is 0 Å². The van der Waals surface area contributed by atoms with Crippen LogP contribution in [0.25, 0.3) is 0 Å². The number of carbonyl (C=O) groups is 3. The van der Waals surface area contributed by atoms with Gasteiger partial charge in [0, 0.05) is 13.1 Å². The number of rotatable bonds is 11. The minimum atomic E-state index is -1.06. The lowest BCUT2D eigenvalue weighted by Crippen LogP contribution is -2.59. The first-order valence-corrected chi connectivity index (χ1v) is 12.8. The molecule has 3 saturated heterocycles. The second-order valence-corrected chi connectivity index (χ2v) is 10.5. The maximum absolute atomic E-state index is 14.0. The zero-order chi connectivity index (χ0) is 24.6. The van der Waals surface area contributed by atoms with E-state index in [1.54, 1.807) is 4.90 Å². The van der Waals surface area contributed by atoms with Gasteiger partial charge in [0.1, 0.15) is 11.6 Å². The van der Waals surface area contributed by atoms with Crippen LogP contribution in [-0.2, 0) is 19.1 Å². The van der Waals surface area contributed by atoms with Crippen molar-refractivity contribution in [1.82, 2.24) is 15.5 Å². The summed E-state index contributed by atoms with van der Waals surface area (Å²) >= 11 is 0. The lowest BCUT2D eigenvalue weighted by atomic mass is 9.62. The van der Waals surface area contributed by atoms with Gasteiger partial charge in [-0.2, -0.15) is 0 Å². The Morgan fingerprint density at radius 1 is 1.18 bits per heavy atom. The second kappa shape index (κ2) is 9.90. The maximum Gasteiger partial charge on any atom is 0.245 e. The average molecular weight is 466 g/mol. The van der Waals surface area contributed by atoms with E-state index in [4.69, 9.17) is 4.74 Å². The quantitative estimate of drug-likeness (QED) is 0.404. The van der Waals surface area contributed by atoms with Crippen LogP contribution < -0.4 is 10.6 Å². The Kier molecular flexibility index (Phi) is 7.79. The highest BCUT2D eigenvalue weighted by molar-refractivity contribution is 5.99. The Balaban J connectivity index is 2.08. The van der Waals surface area contributed by atoms with Gasteiger partial charge in [-0.15, -0.1) is 0 Å². The monoisotopic (exact) mass is 465 g/mol. The highest BCUT2D eigenvalue weighted by atomic mass is 16.5. The normalized spacial score (nSPS) is 36.6. The fraction of sp³-hybridized carbons (Fsp3) is 0.880. The molecule has 3 rings (SSSR count). The first kappa shape index (κ1) is 25.9. The Morgan fingerprint density at radius 3 is 2.42 bits per heavy atom. The van der Waals surface area contributed by atoms with E-state index in [1.165, 1.54) is 0 Å². The highest BCUT2D eigenvalue weighted by Gasteiger charge is 2.80. The zero-order valence-electron chi connectivity index (χ0n) is 21.1. The van der Waals surface area contributed by atoms with Gasteiger partial charge < -0.3 is 25.4 Å². The standard InChI is InChI=1S/C25H43N3O5/c1-7-10-12-27-22(31)20-25-13-16(5)24(6,33-25)18(21(30)26-11-8-2)19(25)23(32)28(20)17(14-29)15(4)9-3/h15-20,29H,7-14H2,1-6H3,(H,26,30)(H,27,31)/t15-,16?,17-,18+,19-,20?,24-,25?/m0/s1. The molecular formula is C25H43N3O5. The molecular weight excluding hydrogens is 422 g/mol. The number of hydrogen-bond acceptors (Lipinski definition) is 5. The number of amides is 3. The molecule has 2 bridgehead atoms. The van der Waals surface area contributed by atoms with Gasteiger partial charge in [-0.25, -0.2) is 0 Å². The van der Waals surface area contributed by atoms with Gasteiger partial charge in [0.2, 0.25) is 17.7 Å². The van der Waals surface area contributed by atoms with E-state index in [-0.39, 0.29) is 36.2 Å². The third-order valence-corrected chi connectivity index (χ3v) is 8.51. The van der Waals surface area contributed by atoms with Crippen LogP contribution in [0.15, 0.2) is 0 Å². The number of unbranched alkanes of at least 4 members (excludes halogenated alkanes) is 1. The third kappa shape index (κ3) is 3.97. The average Bonchev–Trinajstić information content (AvgIpc) is 3.30. The van der Waals surface area contributed by atoms with Crippen LogP contribution in [0.1, 0.15) is 73.6 Å². The summed E-state index contributed by atoms with van der Waals surface area (Å²) in [5.74, 6) is -2.03. The van der Waals surface area contributed by atoms with E-state index in [2.05, 4.69) is 17.6 Å². The molecule has 3 heterocycles. The number of nitrogens with one attached hydrogen (secondary N) is 2. The molecule has 8 nitrogen and oxygen atoms in total. The third-order valence-electron chi connectivity index (χ3n) is 8.51.